The van der Waals surface area contributed by atoms with Crippen molar-refractivity contribution >= 4 is 21.8 Å². The largest absolute Gasteiger partial charge is 0.349 e. The van der Waals surface area contributed by atoms with Crippen molar-refractivity contribution < 1.29 is 4.79 Å². The Balaban J connectivity index is 2.02. The number of nitrogens with two attached hydrogens (primary N) is 1. The van der Waals surface area contributed by atoms with Crippen LogP contribution in [0.1, 0.15) is 42.0 Å². The predicted octanol–water partition coefficient (Wildman–Crippen LogP) is 3.26. The standard InChI is InChI=1S/C16H20BrN3O/c1-11(2)20-10-13(17)8-15(20)16(21)19-9-14(18)12-6-4-3-5-7-12/h3-8,10-11,14H,9,18H2,1-2H3,(H,19,21). The van der Waals surface area contributed by atoms with Gasteiger partial charge >= 0.3 is 0 Å². The van der Waals surface area contributed by atoms with E-state index in [9.17, 15) is 4.79 Å². The third-order valence-corrected chi connectivity index (χ3v) is 3.75. The van der Waals surface area contributed by atoms with Crippen molar-refractivity contribution in [2.75, 3.05) is 6.54 Å². The second-order valence-corrected chi connectivity index (χ2v) is 6.19. The molecule has 21 heavy (non-hydrogen) atoms. The summed E-state index contributed by atoms with van der Waals surface area (Å²) in [6.07, 6.45) is 1.91. The summed E-state index contributed by atoms with van der Waals surface area (Å²) in [4.78, 5) is 12.3. The molecular formula is C16H20BrN3O. The number of benzene rings is 1. The second-order valence-electron chi connectivity index (χ2n) is 5.27. The molecule has 0 fully saturated rings. The van der Waals surface area contributed by atoms with Crippen molar-refractivity contribution in [1.82, 2.24) is 9.88 Å². The van der Waals surface area contributed by atoms with E-state index in [4.69, 9.17) is 5.73 Å². The smallest absolute Gasteiger partial charge is 0.268 e. The second kappa shape index (κ2) is 6.91. The van der Waals surface area contributed by atoms with Crippen LogP contribution in [0.4, 0.5) is 0 Å². The molecule has 0 aliphatic heterocycles. The van der Waals surface area contributed by atoms with Crippen LogP contribution < -0.4 is 11.1 Å². The minimum absolute atomic E-state index is 0.110. The van der Waals surface area contributed by atoms with Gasteiger partial charge in [0.05, 0.1) is 0 Å². The molecule has 3 N–H and O–H groups in total. The summed E-state index contributed by atoms with van der Waals surface area (Å²) in [6, 6.07) is 11.6. The molecule has 1 amide bonds. The molecule has 0 radical (unpaired) electrons. The zero-order chi connectivity index (χ0) is 15.4. The first-order valence-corrected chi connectivity index (χ1v) is 7.74. The monoisotopic (exact) mass is 349 g/mol. The summed E-state index contributed by atoms with van der Waals surface area (Å²) in [6.45, 7) is 4.49. The van der Waals surface area contributed by atoms with Crippen LogP contribution in [0.25, 0.3) is 0 Å². The molecular weight excluding hydrogens is 330 g/mol. The van der Waals surface area contributed by atoms with Gasteiger partial charge in [0.15, 0.2) is 0 Å². The van der Waals surface area contributed by atoms with Crippen molar-refractivity contribution in [3.8, 4) is 0 Å². The molecule has 2 aromatic rings. The maximum atomic E-state index is 12.3. The normalized spacial score (nSPS) is 12.4. The van der Waals surface area contributed by atoms with E-state index in [-0.39, 0.29) is 18.0 Å². The third kappa shape index (κ3) is 3.95. The molecule has 0 bridgehead atoms. The first-order valence-electron chi connectivity index (χ1n) is 6.95. The van der Waals surface area contributed by atoms with Crippen molar-refractivity contribution in [2.45, 2.75) is 25.9 Å². The van der Waals surface area contributed by atoms with Gasteiger partial charge in [0, 0.05) is 29.3 Å². The van der Waals surface area contributed by atoms with Crippen molar-refractivity contribution in [3.05, 3.63) is 58.3 Å². The first-order chi connectivity index (χ1) is 9.99. The highest BCUT2D eigenvalue weighted by Crippen LogP contribution is 2.19. The van der Waals surface area contributed by atoms with E-state index in [2.05, 4.69) is 21.2 Å². The van der Waals surface area contributed by atoms with Gasteiger partial charge < -0.3 is 15.6 Å². The third-order valence-electron chi connectivity index (χ3n) is 3.31. The lowest BCUT2D eigenvalue weighted by Crippen LogP contribution is -2.33. The summed E-state index contributed by atoms with van der Waals surface area (Å²) >= 11 is 3.41. The number of carbonyl (C=O) groups is 1. The maximum absolute atomic E-state index is 12.3. The quantitative estimate of drug-likeness (QED) is 0.870. The number of carbonyl (C=O) groups excluding carboxylic acids is 1. The Labute approximate surface area is 133 Å². The number of halogens is 1. The van der Waals surface area contributed by atoms with Crippen molar-refractivity contribution in [1.29, 1.82) is 0 Å². The topological polar surface area (TPSA) is 60.0 Å². The Bertz CT molecular complexity index is 607. The molecule has 0 aliphatic rings. The fraction of sp³-hybridized carbons (Fsp3) is 0.312. The summed E-state index contributed by atoms with van der Waals surface area (Å²) in [7, 11) is 0. The van der Waals surface area contributed by atoms with Gasteiger partial charge in [-0.3, -0.25) is 4.79 Å². The van der Waals surface area contributed by atoms with Crippen LogP contribution >= 0.6 is 15.9 Å². The number of hydrogen-bond donors (Lipinski definition) is 2. The fourth-order valence-electron chi connectivity index (χ4n) is 2.17. The van der Waals surface area contributed by atoms with Gasteiger partial charge in [-0.2, -0.15) is 0 Å². The molecule has 0 aliphatic carbocycles. The average molecular weight is 350 g/mol. The Morgan fingerprint density at radius 3 is 2.62 bits per heavy atom. The minimum atomic E-state index is -0.207. The van der Waals surface area contributed by atoms with E-state index in [1.165, 1.54) is 0 Å². The molecule has 0 spiro atoms. The summed E-state index contributed by atoms with van der Waals surface area (Å²) < 4.78 is 2.83. The van der Waals surface area contributed by atoms with Crippen LogP contribution in [0.5, 0.6) is 0 Å². The molecule has 2 rings (SSSR count). The highest BCUT2D eigenvalue weighted by Gasteiger charge is 2.16. The van der Waals surface area contributed by atoms with Crippen LogP contribution in [-0.4, -0.2) is 17.0 Å². The summed E-state index contributed by atoms with van der Waals surface area (Å²) in [5.74, 6) is -0.110. The SMILES string of the molecule is CC(C)n1cc(Br)cc1C(=O)NCC(N)c1ccccc1. The molecule has 4 nitrogen and oxygen atoms in total. The summed E-state index contributed by atoms with van der Waals surface area (Å²) in [5.41, 5.74) is 7.74. The molecule has 1 aromatic carbocycles. The van der Waals surface area contributed by atoms with Crippen LogP contribution in [0.15, 0.2) is 47.1 Å². The van der Waals surface area contributed by atoms with Crippen LogP contribution in [0.2, 0.25) is 0 Å². The number of aromatic nitrogens is 1. The van der Waals surface area contributed by atoms with Crippen LogP contribution in [-0.2, 0) is 0 Å². The maximum Gasteiger partial charge on any atom is 0.268 e. The van der Waals surface area contributed by atoms with Crippen molar-refractivity contribution in [3.63, 3.8) is 0 Å². The number of rotatable bonds is 5. The molecule has 1 heterocycles. The van der Waals surface area contributed by atoms with Crippen molar-refractivity contribution in [2.24, 2.45) is 5.73 Å². The number of amides is 1. The van der Waals surface area contributed by atoms with Gasteiger partial charge in [-0.15, -0.1) is 0 Å². The fourth-order valence-corrected chi connectivity index (χ4v) is 2.60. The Kier molecular flexibility index (Phi) is 5.20. The summed E-state index contributed by atoms with van der Waals surface area (Å²) in [5, 5.41) is 2.90. The average Bonchev–Trinajstić information content (AvgIpc) is 2.87. The Morgan fingerprint density at radius 1 is 1.33 bits per heavy atom. The highest BCUT2D eigenvalue weighted by molar-refractivity contribution is 9.10. The molecule has 1 atom stereocenters. The lowest BCUT2D eigenvalue weighted by Gasteiger charge is -2.15. The highest BCUT2D eigenvalue weighted by atomic mass is 79.9. The number of nitrogens with zero attached hydrogens (tertiary/aromatic N) is 1. The number of nitrogens with one attached hydrogen (secondary N) is 1. The van der Waals surface area contributed by atoms with E-state index < -0.39 is 0 Å². The molecule has 5 heteroatoms. The van der Waals surface area contributed by atoms with Gasteiger partial charge in [0.1, 0.15) is 5.69 Å². The van der Waals surface area contributed by atoms with Gasteiger partial charge in [-0.05, 0) is 41.4 Å². The molecule has 0 saturated heterocycles. The van der Waals surface area contributed by atoms with E-state index in [1.54, 1.807) is 0 Å². The van der Waals surface area contributed by atoms with E-state index >= 15 is 0 Å². The minimum Gasteiger partial charge on any atom is -0.349 e. The lowest BCUT2D eigenvalue weighted by atomic mass is 10.1. The molecule has 1 unspecified atom stereocenters. The van der Waals surface area contributed by atoms with E-state index in [1.807, 2.05) is 61.0 Å². The predicted molar refractivity (Wildman–Crippen MR) is 88.2 cm³/mol. The zero-order valence-electron chi connectivity index (χ0n) is 12.2. The first kappa shape index (κ1) is 15.8. The van der Waals surface area contributed by atoms with Gasteiger partial charge in [-0.1, -0.05) is 30.3 Å². The van der Waals surface area contributed by atoms with Crippen LogP contribution in [0.3, 0.4) is 0 Å². The Hall–Kier alpha value is -1.59. The molecule has 112 valence electrons. The lowest BCUT2D eigenvalue weighted by molar-refractivity contribution is 0.0940. The zero-order valence-corrected chi connectivity index (χ0v) is 13.8. The molecule has 0 saturated carbocycles. The van der Waals surface area contributed by atoms with Gasteiger partial charge in [0.25, 0.3) is 5.91 Å². The van der Waals surface area contributed by atoms with Crippen LogP contribution in [0, 0.1) is 0 Å². The van der Waals surface area contributed by atoms with E-state index in [0.29, 0.717) is 12.2 Å². The van der Waals surface area contributed by atoms with E-state index in [0.717, 1.165) is 10.0 Å². The van der Waals surface area contributed by atoms with Gasteiger partial charge in [0.2, 0.25) is 0 Å². The molecule has 1 aromatic heterocycles. The number of hydrogen-bond acceptors (Lipinski definition) is 2. The van der Waals surface area contributed by atoms with Gasteiger partial charge in [-0.25, -0.2) is 0 Å². The Morgan fingerprint density at radius 2 is 2.00 bits per heavy atom.